The number of nitrogens with zero attached hydrogens (tertiary/aromatic N) is 1. The van der Waals surface area contributed by atoms with Gasteiger partial charge in [-0.25, -0.2) is 9.78 Å². The van der Waals surface area contributed by atoms with Crippen molar-refractivity contribution >= 4 is 29.2 Å². The molecule has 5 heteroatoms. The summed E-state index contributed by atoms with van der Waals surface area (Å²) < 4.78 is 5.50. The van der Waals surface area contributed by atoms with Crippen LogP contribution in [0.25, 0.3) is 0 Å². The van der Waals surface area contributed by atoms with Crippen LogP contribution in [-0.2, 0) is 4.74 Å². The molecule has 0 aliphatic heterocycles. The zero-order valence-electron chi connectivity index (χ0n) is 10.2. The molecule has 1 aromatic rings. The molecule has 0 N–H and O–H groups in total. The molecule has 98 valence electrons. The van der Waals surface area contributed by atoms with Crippen molar-refractivity contribution in [1.29, 1.82) is 0 Å². The molecule has 2 atom stereocenters. The lowest BCUT2D eigenvalue weighted by molar-refractivity contribution is 0.00477. The van der Waals surface area contributed by atoms with Crippen LogP contribution in [0.1, 0.15) is 43.0 Å². The predicted molar refractivity (Wildman–Crippen MR) is 71.1 cm³/mol. The summed E-state index contributed by atoms with van der Waals surface area (Å²) >= 11 is 11.5. The summed E-state index contributed by atoms with van der Waals surface area (Å²) in [6, 6.07) is 1.49. The van der Waals surface area contributed by atoms with E-state index in [2.05, 4.69) is 11.9 Å². The lowest BCUT2D eigenvalue weighted by atomic mass is 9.88. The van der Waals surface area contributed by atoms with Crippen molar-refractivity contribution in [3.8, 4) is 0 Å². The highest BCUT2D eigenvalue weighted by Gasteiger charge is 2.25. The number of esters is 1. The molecule has 2 rings (SSSR count). The topological polar surface area (TPSA) is 39.2 Å². The molecular formula is C13H15Cl2NO2. The van der Waals surface area contributed by atoms with Crippen LogP contribution >= 0.6 is 23.2 Å². The molecule has 0 radical (unpaired) electrons. The molecular weight excluding hydrogens is 273 g/mol. The van der Waals surface area contributed by atoms with Gasteiger partial charge in [0.15, 0.2) is 0 Å². The number of carbonyl (C=O) groups excluding carboxylic acids is 1. The molecule has 0 saturated heterocycles. The Morgan fingerprint density at radius 1 is 1.39 bits per heavy atom. The number of ether oxygens (including phenoxy) is 1. The van der Waals surface area contributed by atoms with Gasteiger partial charge in [0.25, 0.3) is 0 Å². The van der Waals surface area contributed by atoms with Crippen molar-refractivity contribution in [2.45, 2.75) is 38.7 Å². The second kappa shape index (κ2) is 5.89. The number of pyridine rings is 1. The lowest BCUT2D eigenvalue weighted by Gasteiger charge is -2.28. The van der Waals surface area contributed by atoms with Gasteiger partial charge in [0.1, 0.15) is 11.3 Å². The summed E-state index contributed by atoms with van der Waals surface area (Å²) in [5.41, 5.74) is 0.349. The summed E-state index contributed by atoms with van der Waals surface area (Å²) in [7, 11) is 0. The maximum atomic E-state index is 12.0. The van der Waals surface area contributed by atoms with Crippen LogP contribution in [-0.4, -0.2) is 17.1 Å². The fraction of sp³-hybridized carbons (Fsp3) is 0.538. The summed E-state index contributed by atoms with van der Waals surface area (Å²) in [5.74, 6) is 0.0400. The van der Waals surface area contributed by atoms with Crippen molar-refractivity contribution in [3.63, 3.8) is 0 Å². The Labute approximate surface area is 116 Å². The van der Waals surface area contributed by atoms with Crippen molar-refractivity contribution in [2.75, 3.05) is 0 Å². The molecule has 2 unspecified atom stereocenters. The molecule has 0 amide bonds. The van der Waals surface area contributed by atoms with E-state index in [-0.39, 0.29) is 22.2 Å². The highest BCUT2D eigenvalue weighted by atomic mass is 35.5. The van der Waals surface area contributed by atoms with Crippen LogP contribution in [0.15, 0.2) is 12.3 Å². The molecule has 1 saturated carbocycles. The summed E-state index contributed by atoms with van der Waals surface area (Å²) in [4.78, 5) is 15.8. The number of aromatic nitrogens is 1. The van der Waals surface area contributed by atoms with Crippen LogP contribution < -0.4 is 0 Å². The Balaban J connectivity index is 2.04. The molecule has 1 heterocycles. The van der Waals surface area contributed by atoms with Gasteiger partial charge < -0.3 is 4.74 Å². The van der Waals surface area contributed by atoms with E-state index in [4.69, 9.17) is 27.9 Å². The maximum absolute atomic E-state index is 12.0. The molecule has 0 aromatic carbocycles. The minimum absolute atomic E-state index is 0.000651. The molecule has 1 aliphatic carbocycles. The van der Waals surface area contributed by atoms with Crippen LogP contribution in [0.2, 0.25) is 10.2 Å². The van der Waals surface area contributed by atoms with E-state index in [1.54, 1.807) is 0 Å². The van der Waals surface area contributed by atoms with Gasteiger partial charge in [-0.1, -0.05) is 36.5 Å². The fourth-order valence-corrected chi connectivity index (χ4v) is 2.47. The fourth-order valence-electron chi connectivity index (χ4n) is 2.20. The third-order valence-corrected chi connectivity index (χ3v) is 4.01. The Bertz CT molecular complexity index is 451. The minimum atomic E-state index is -0.375. The third-order valence-electron chi connectivity index (χ3n) is 3.32. The van der Waals surface area contributed by atoms with Gasteiger partial charge in [-0.15, -0.1) is 0 Å². The second-order valence-corrected chi connectivity index (χ2v) is 5.47. The monoisotopic (exact) mass is 287 g/mol. The van der Waals surface area contributed by atoms with Crippen LogP contribution in [0.5, 0.6) is 0 Å². The van der Waals surface area contributed by atoms with Crippen molar-refractivity contribution in [3.05, 3.63) is 28.0 Å². The van der Waals surface area contributed by atoms with Gasteiger partial charge in [-0.05, 0) is 31.2 Å². The Kier molecular flexibility index (Phi) is 4.46. The van der Waals surface area contributed by atoms with Crippen LogP contribution in [0, 0.1) is 5.92 Å². The standard InChI is InChI=1S/C13H15Cl2NO2/c1-8-4-2-3-5-11(8)18-13(17)9-6-10(14)12(15)16-7-9/h6-8,11H,2-5H2,1H3. The van der Waals surface area contributed by atoms with Crippen LogP contribution in [0.3, 0.4) is 0 Å². The first-order chi connectivity index (χ1) is 8.58. The highest BCUT2D eigenvalue weighted by Crippen LogP contribution is 2.27. The lowest BCUT2D eigenvalue weighted by Crippen LogP contribution is -2.28. The van der Waals surface area contributed by atoms with Gasteiger partial charge in [0.05, 0.1) is 10.6 Å². The first-order valence-electron chi connectivity index (χ1n) is 6.10. The Hall–Kier alpha value is -0.800. The van der Waals surface area contributed by atoms with Crippen molar-refractivity contribution in [2.24, 2.45) is 5.92 Å². The summed E-state index contributed by atoms with van der Waals surface area (Å²) in [6.45, 7) is 2.12. The van der Waals surface area contributed by atoms with Crippen LogP contribution in [0.4, 0.5) is 0 Å². The normalized spacial score (nSPS) is 23.7. The molecule has 1 fully saturated rings. The van der Waals surface area contributed by atoms with Crippen molar-refractivity contribution in [1.82, 2.24) is 4.98 Å². The van der Waals surface area contributed by atoms with Crippen molar-refractivity contribution < 1.29 is 9.53 Å². The van der Waals surface area contributed by atoms with Gasteiger partial charge in [0, 0.05) is 6.20 Å². The van der Waals surface area contributed by atoms with Gasteiger partial charge in [-0.3, -0.25) is 0 Å². The Morgan fingerprint density at radius 3 is 2.78 bits per heavy atom. The zero-order chi connectivity index (χ0) is 13.1. The van der Waals surface area contributed by atoms with Gasteiger partial charge in [0.2, 0.25) is 0 Å². The van der Waals surface area contributed by atoms with E-state index >= 15 is 0 Å². The summed E-state index contributed by atoms with van der Waals surface area (Å²) in [5, 5.41) is 0.460. The minimum Gasteiger partial charge on any atom is -0.458 e. The van der Waals surface area contributed by atoms with E-state index in [1.807, 2.05) is 0 Å². The van der Waals surface area contributed by atoms with E-state index in [0.717, 1.165) is 19.3 Å². The number of rotatable bonds is 2. The maximum Gasteiger partial charge on any atom is 0.340 e. The zero-order valence-corrected chi connectivity index (χ0v) is 11.7. The van der Waals surface area contributed by atoms with E-state index in [0.29, 0.717) is 11.5 Å². The SMILES string of the molecule is CC1CCCCC1OC(=O)c1cnc(Cl)c(Cl)c1. The molecule has 0 bridgehead atoms. The summed E-state index contributed by atoms with van der Waals surface area (Å²) in [6.07, 6.45) is 5.76. The predicted octanol–water partition coefficient (Wildman–Crippen LogP) is 4.12. The number of hydrogen-bond donors (Lipinski definition) is 0. The number of carbonyl (C=O) groups is 1. The third kappa shape index (κ3) is 3.15. The molecule has 18 heavy (non-hydrogen) atoms. The largest absolute Gasteiger partial charge is 0.458 e. The first kappa shape index (κ1) is 13.6. The molecule has 0 spiro atoms. The molecule has 1 aliphatic rings. The van der Waals surface area contributed by atoms with E-state index in [9.17, 15) is 4.79 Å². The van der Waals surface area contributed by atoms with Gasteiger partial charge in [-0.2, -0.15) is 0 Å². The Morgan fingerprint density at radius 2 is 2.11 bits per heavy atom. The van der Waals surface area contributed by atoms with Gasteiger partial charge >= 0.3 is 5.97 Å². The average Bonchev–Trinajstić information content (AvgIpc) is 2.35. The number of hydrogen-bond acceptors (Lipinski definition) is 3. The first-order valence-corrected chi connectivity index (χ1v) is 6.85. The average molecular weight is 288 g/mol. The highest BCUT2D eigenvalue weighted by molar-refractivity contribution is 6.41. The number of halogens is 2. The van der Waals surface area contributed by atoms with E-state index < -0.39 is 0 Å². The quantitative estimate of drug-likeness (QED) is 0.607. The van der Waals surface area contributed by atoms with E-state index in [1.165, 1.54) is 18.7 Å². The smallest absolute Gasteiger partial charge is 0.340 e. The molecule has 1 aromatic heterocycles. The second-order valence-electron chi connectivity index (χ2n) is 4.70. The molecule has 3 nitrogen and oxygen atoms in total.